The molecule has 0 unspecified atom stereocenters. The van der Waals surface area contributed by atoms with Gasteiger partial charge in [0.15, 0.2) is 0 Å². The van der Waals surface area contributed by atoms with Gasteiger partial charge in [-0.2, -0.15) is 5.10 Å². The molecule has 0 saturated carbocycles. The van der Waals surface area contributed by atoms with Crippen molar-refractivity contribution < 1.29 is 4.79 Å². The van der Waals surface area contributed by atoms with Gasteiger partial charge in [0.2, 0.25) is 0 Å². The number of nitrogens with zero attached hydrogens (tertiary/aromatic N) is 2. The van der Waals surface area contributed by atoms with Crippen LogP contribution in [0.1, 0.15) is 22.8 Å². The number of rotatable bonds is 4. The summed E-state index contributed by atoms with van der Waals surface area (Å²) in [6.07, 6.45) is 3.66. The second-order valence-electron chi connectivity index (χ2n) is 3.87. The summed E-state index contributed by atoms with van der Waals surface area (Å²) in [7, 11) is 0. The third-order valence-corrected chi connectivity index (χ3v) is 2.91. The molecular formula is C13H14ClN3O. The minimum absolute atomic E-state index is 0.176. The Bertz CT molecular complexity index is 551. The Morgan fingerprint density at radius 2 is 2.22 bits per heavy atom. The zero-order valence-corrected chi connectivity index (χ0v) is 10.8. The van der Waals surface area contributed by atoms with E-state index in [4.69, 9.17) is 11.6 Å². The number of carbonyl (C=O) groups excluding carboxylic acids is 1. The third kappa shape index (κ3) is 2.90. The van der Waals surface area contributed by atoms with E-state index in [-0.39, 0.29) is 5.91 Å². The SMILES string of the molecule is CCn1cc(CNC(=O)c2ccccc2Cl)cn1. The normalized spacial score (nSPS) is 10.3. The van der Waals surface area contributed by atoms with Crippen LogP contribution in [0.5, 0.6) is 0 Å². The average Bonchev–Trinajstić information content (AvgIpc) is 2.84. The molecule has 0 saturated heterocycles. The molecule has 1 heterocycles. The molecule has 0 aliphatic rings. The Kier molecular flexibility index (Phi) is 3.99. The van der Waals surface area contributed by atoms with E-state index in [1.807, 2.05) is 17.8 Å². The lowest BCUT2D eigenvalue weighted by molar-refractivity contribution is 0.0951. The summed E-state index contributed by atoms with van der Waals surface area (Å²) in [5.41, 5.74) is 1.46. The lowest BCUT2D eigenvalue weighted by Crippen LogP contribution is -2.22. The Morgan fingerprint density at radius 3 is 2.89 bits per heavy atom. The van der Waals surface area contributed by atoms with Crippen LogP contribution in [0.15, 0.2) is 36.7 Å². The van der Waals surface area contributed by atoms with Crippen molar-refractivity contribution in [3.05, 3.63) is 52.8 Å². The van der Waals surface area contributed by atoms with Crippen molar-refractivity contribution in [2.75, 3.05) is 0 Å². The second-order valence-corrected chi connectivity index (χ2v) is 4.27. The van der Waals surface area contributed by atoms with E-state index in [0.717, 1.165) is 12.1 Å². The number of halogens is 1. The zero-order valence-electron chi connectivity index (χ0n) is 10.1. The van der Waals surface area contributed by atoms with Gasteiger partial charge in [0, 0.05) is 24.8 Å². The van der Waals surface area contributed by atoms with E-state index in [1.54, 1.807) is 30.5 Å². The Morgan fingerprint density at radius 1 is 1.44 bits per heavy atom. The van der Waals surface area contributed by atoms with Crippen molar-refractivity contribution in [2.24, 2.45) is 0 Å². The number of hydrogen-bond acceptors (Lipinski definition) is 2. The van der Waals surface area contributed by atoms with Crippen LogP contribution in [0.2, 0.25) is 5.02 Å². The number of aromatic nitrogens is 2. The number of carbonyl (C=O) groups is 1. The Balaban J connectivity index is 1.98. The summed E-state index contributed by atoms with van der Waals surface area (Å²) in [5, 5.41) is 7.42. The fourth-order valence-corrected chi connectivity index (χ4v) is 1.82. The predicted octanol–water partition coefficient (Wildman–Crippen LogP) is 2.49. The highest BCUT2D eigenvalue weighted by Crippen LogP contribution is 2.14. The first kappa shape index (κ1) is 12.6. The molecule has 5 heteroatoms. The molecular weight excluding hydrogens is 250 g/mol. The van der Waals surface area contributed by atoms with Crippen LogP contribution >= 0.6 is 11.6 Å². The van der Waals surface area contributed by atoms with Gasteiger partial charge in [-0.1, -0.05) is 23.7 Å². The fraction of sp³-hybridized carbons (Fsp3) is 0.231. The summed E-state index contributed by atoms with van der Waals surface area (Å²) < 4.78 is 1.82. The molecule has 1 aromatic carbocycles. The van der Waals surface area contributed by atoms with Gasteiger partial charge >= 0.3 is 0 Å². The minimum Gasteiger partial charge on any atom is -0.348 e. The van der Waals surface area contributed by atoms with Crippen LogP contribution in [-0.2, 0) is 13.1 Å². The molecule has 0 bridgehead atoms. The summed E-state index contributed by atoms with van der Waals surface area (Å²) in [4.78, 5) is 11.9. The van der Waals surface area contributed by atoms with E-state index < -0.39 is 0 Å². The van der Waals surface area contributed by atoms with Crippen LogP contribution in [-0.4, -0.2) is 15.7 Å². The molecule has 1 N–H and O–H groups in total. The largest absolute Gasteiger partial charge is 0.348 e. The van der Waals surface area contributed by atoms with Crippen molar-refractivity contribution in [1.29, 1.82) is 0 Å². The van der Waals surface area contributed by atoms with Crippen molar-refractivity contribution in [3.63, 3.8) is 0 Å². The van der Waals surface area contributed by atoms with Crippen molar-refractivity contribution in [3.8, 4) is 0 Å². The monoisotopic (exact) mass is 263 g/mol. The predicted molar refractivity (Wildman–Crippen MR) is 70.5 cm³/mol. The van der Waals surface area contributed by atoms with Gasteiger partial charge in [0.25, 0.3) is 5.91 Å². The van der Waals surface area contributed by atoms with Gasteiger partial charge < -0.3 is 5.32 Å². The summed E-state index contributed by atoms with van der Waals surface area (Å²) in [6.45, 7) is 3.28. The molecule has 4 nitrogen and oxygen atoms in total. The number of amides is 1. The number of nitrogens with one attached hydrogen (secondary N) is 1. The van der Waals surface area contributed by atoms with Crippen molar-refractivity contribution in [1.82, 2.24) is 15.1 Å². The first-order valence-corrected chi connectivity index (χ1v) is 6.12. The van der Waals surface area contributed by atoms with Gasteiger partial charge in [-0.15, -0.1) is 0 Å². The molecule has 2 rings (SSSR count). The number of benzene rings is 1. The fourth-order valence-electron chi connectivity index (χ4n) is 1.59. The van der Waals surface area contributed by atoms with Gasteiger partial charge in [0.1, 0.15) is 0 Å². The highest BCUT2D eigenvalue weighted by molar-refractivity contribution is 6.33. The van der Waals surface area contributed by atoms with Crippen molar-refractivity contribution in [2.45, 2.75) is 20.0 Å². The van der Waals surface area contributed by atoms with Crippen LogP contribution < -0.4 is 5.32 Å². The maximum atomic E-state index is 11.9. The maximum Gasteiger partial charge on any atom is 0.253 e. The van der Waals surface area contributed by atoms with E-state index >= 15 is 0 Å². The van der Waals surface area contributed by atoms with E-state index in [2.05, 4.69) is 10.4 Å². The number of aryl methyl sites for hydroxylation is 1. The molecule has 0 spiro atoms. The first-order valence-electron chi connectivity index (χ1n) is 5.74. The highest BCUT2D eigenvalue weighted by atomic mass is 35.5. The quantitative estimate of drug-likeness (QED) is 0.921. The summed E-state index contributed by atoms with van der Waals surface area (Å²) in [5.74, 6) is -0.176. The molecule has 2 aromatic rings. The molecule has 18 heavy (non-hydrogen) atoms. The van der Waals surface area contributed by atoms with Crippen molar-refractivity contribution >= 4 is 17.5 Å². The second kappa shape index (κ2) is 5.69. The topological polar surface area (TPSA) is 46.9 Å². The van der Waals surface area contributed by atoms with Gasteiger partial charge in [0.05, 0.1) is 16.8 Å². The zero-order chi connectivity index (χ0) is 13.0. The average molecular weight is 264 g/mol. The van der Waals surface area contributed by atoms with Crippen LogP contribution in [0.3, 0.4) is 0 Å². The van der Waals surface area contributed by atoms with Crippen LogP contribution in [0.25, 0.3) is 0 Å². The van der Waals surface area contributed by atoms with E-state index in [9.17, 15) is 4.79 Å². The lowest BCUT2D eigenvalue weighted by atomic mass is 10.2. The van der Waals surface area contributed by atoms with Gasteiger partial charge in [-0.05, 0) is 19.1 Å². The van der Waals surface area contributed by atoms with E-state index in [1.165, 1.54) is 0 Å². The molecule has 0 aliphatic carbocycles. The maximum absolute atomic E-state index is 11.9. The third-order valence-electron chi connectivity index (χ3n) is 2.58. The Labute approximate surface area is 111 Å². The lowest BCUT2D eigenvalue weighted by Gasteiger charge is -2.05. The van der Waals surface area contributed by atoms with Crippen LogP contribution in [0, 0.1) is 0 Å². The number of hydrogen-bond donors (Lipinski definition) is 1. The van der Waals surface area contributed by atoms with Crippen LogP contribution in [0.4, 0.5) is 0 Å². The van der Waals surface area contributed by atoms with Gasteiger partial charge in [-0.25, -0.2) is 0 Å². The Hall–Kier alpha value is -1.81. The standard InChI is InChI=1S/C13H14ClN3O/c1-2-17-9-10(8-16-17)7-15-13(18)11-5-3-4-6-12(11)14/h3-6,8-9H,2,7H2,1H3,(H,15,18). The molecule has 0 fully saturated rings. The first-order chi connectivity index (χ1) is 8.70. The molecule has 1 amide bonds. The highest BCUT2D eigenvalue weighted by Gasteiger charge is 2.09. The van der Waals surface area contributed by atoms with Gasteiger partial charge in [-0.3, -0.25) is 9.48 Å². The minimum atomic E-state index is -0.176. The molecule has 94 valence electrons. The van der Waals surface area contributed by atoms with E-state index in [0.29, 0.717) is 17.1 Å². The summed E-state index contributed by atoms with van der Waals surface area (Å²) >= 11 is 5.95. The summed E-state index contributed by atoms with van der Waals surface area (Å²) in [6, 6.07) is 6.99. The molecule has 1 aromatic heterocycles. The molecule has 0 radical (unpaired) electrons. The molecule has 0 aliphatic heterocycles. The molecule has 0 atom stereocenters. The smallest absolute Gasteiger partial charge is 0.253 e.